The fourth-order valence-corrected chi connectivity index (χ4v) is 2.67. The summed E-state index contributed by atoms with van der Waals surface area (Å²) in [6.07, 6.45) is 4.74. The Hall–Kier alpha value is -0.510. The second-order valence-electron chi connectivity index (χ2n) is 4.80. The third-order valence-electron chi connectivity index (χ3n) is 2.92. The standard InChI is InChI=1S/C14H17IO/c1-10(2)16-12-5-4-11-6-7-14(3,9-15)13(11)8-12/h4-8,10H,9H2,1-3H3/t14-/m0/s1. The van der Waals surface area contributed by atoms with Gasteiger partial charge in [0.2, 0.25) is 0 Å². The van der Waals surface area contributed by atoms with Crippen LogP contribution in [0, 0.1) is 0 Å². The number of benzene rings is 1. The van der Waals surface area contributed by atoms with Gasteiger partial charge >= 0.3 is 0 Å². The van der Waals surface area contributed by atoms with Gasteiger partial charge in [-0.1, -0.05) is 47.7 Å². The Morgan fingerprint density at radius 2 is 2.12 bits per heavy atom. The van der Waals surface area contributed by atoms with Crippen molar-refractivity contribution in [2.24, 2.45) is 0 Å². The molecule has 0 amide bonds. The van der Waals surface area contributed by atoms with Crippen molar-refractivity contribution in [3.05, 3.63) is 35.4 Å². The predicted molar refractivity (Wildman–Crippen MR) is 77.5 cm³/mol. The van der Waals surface area contributed by atoms with Crippen LogP contribution in [0.4, 0.5) is 0 Å². The predicted octanol–water partition coefficient (Wildman–Crippen LogP) is 4.19. The molecule has 1 aliphatic carbocycles. The largest absolute Gasteiger partial charge is 0.491 e. The number of fused-ring (bicyclic) bond motifs is 1. The molecule has 0 radical (unpaired) electrons. The summed E-state index contributed by atoms with van der Waals surface area (Å²) in [5.74, 6) is 0.980. The first-order chi connectivity index (χ1) is 7.55. The summed E-state index contributed by atoms with van der Waals surface area (Å²) in [5.41, 5.74) is 2.89. The van der Waals surface area contributed by atoms with Gasteiger partial charge in [-0.25, -0.2) is 0 Å². The van der Waals surface area contributed by atoms with Crippen molar-refractivity contribution in [3.8, 4) is 5.75 Å². The summed E-state index contributed by atoms with van der Waals surface area (Å²) in [6, 6.07) is 6.40. The summed E-state index contributed by atoms with van der Waals surface area (Å²) in [6.45, 7) is 6.40. The van der Waals surface area contributed by atoms with Crippen molar-refractivity contribution in [1.29, 1.82) is 0 Å². The van der Waals surface area contributed by atoms with Crippen LogP contribution in [0.5, 0.6) is 5.75 Å². The van der Waals surface area contributed by atoms with E-state index in [0.29, 0.717) is 0 Å². The number of rotatable bonds is 3. The molecule has 86 valence electrons. The number of alkyl halides is 1. The van der Waals surface area contributed by atoms with E-state index >= 15 is 0 Å². The molecular formula is C14H17IO. The normalized spacial score (nSPS) is 22.6. The van der Waals surface area contributed by atoms with Gasteiger partial charge in [-0.3, -0.25) is 0 Å². The topological polar surface area (TPSA) is 9.23 Å². The minimum atomic E-state index is 0.173. The van der Waals surface area contributed by atoms with Crippen molar-refractivity contribution in [2.45, 2.75) is 32.3 Å². The van der Waals surface area contributed by atoms with Crippen LogP contribution in [0.2, 0.25) is 0 Å². The maximum absolute atomic E-state index is 5.75. The van der Waals surface area contributed by atoms with Gasteiger partial charge < -0.3 is 4.74 Å². The fourth-order valence-electron chi connectivity index (χ4n) is 2.00. The highest BCUT2D eigenvalue weighted by Gasteiger charge is 2.29. The second kappa shape index (κ2) is 4.40. The number of hydrogen-bond donors (Lipinski definition) is 0. The van der Waals surface area contributed by atoms with Gasteiger partial charge in [0.05, 0.1) is 6.10 Å². The third-order valence-corrected chi connectivity index (χ3v) is 4.50. The molecule has 0 saturated carbocycles. The molecule has 0 spiro atoms. The van der Waals surface area contributed by atoms with Crippen molar-refractivity contribution in [2.75, 3.05) is 4.43 Å². The van der Waals surface area contributed by atoms with E-state index in [1.54, 1.807) is 0 Å². The van der Waals surface area contributed by atoms with Gasteiger partial charge in [0.25, 0.3) is 0 Å². The highest BCUT2D eigenvalue weighted by Crippen LogP contribution is 2.39. The summed E-state index contributed by atoms with van der Waals surface area (Å²) < 4.78 is 6.84. The van der Waals surface area contributed by atoms with E-state index in [2.05, 4.69) is 73.7 Å². The molecule has 1 aliphatic rings. The van der Waals surface area contributed by atoms with Gasteiger partial charge in [-0.15, -0.1) is 0 Å². The number of allylic oxidation sites excluding steroid dienone is 1. The minimum absolute atomic E-state index is 0.173. The van der Waals surface area contributed by atoms with E-state index in [9.17, 15) is 0 Å². The van der Waals surface area contributed by atoms with E-state index in [1.807, 2.05) is 0 Å². The zero-order chi connectivity index (χ0) is 11.8. The Labute approximate surface area is 111 Å². The van der Waals surface area contributed by atoms with Crippen LogP contribution < -0.4 is 4.74 Å². The van der Waals surface area contributed by atoms with E-state index in [4.69, 9.17) is 4.74 Å². The van der Waals surface area contributed by atoms with Crippen molar-refractivity contribution < 1.29 is 4.74 Å². The minimum Gasteiger partial charge on any atom is -0.491 e. The average Bonchev–Trinajstić information content (AvgIpc) is 2.57. The molecule has 1 nitrogen and oxygen atoms in total. The Morgan fingerprint density at radius 1 is 1.38 bits per heavy atom. The first-order valence-electron chi connectivity index (χ1n) is 5.61. The third kappa shape index (κ3) is 2.12. The lowest BCUT2D eigenvalue weighted by molar-refractivity contribution is 0.242. The van der Waals surface area contributed by atoms with Crippen molar-refractivity contribution >= 4 is 28.7 Å². The summed E-state index contributed by atoms with van der Waals surface area (Å²) in [7, 11) is 0. The molecule has 0 N–H and O–H groups in total. The smallest absolute Gasteiger partial charge is 0.120 e. The molecule has 0 saturated heterocycles. The lowest BCUT2D eigenvalue weighted by Gasteiger charge is -2.22. The zero-order valence-corrected chi connectivity index (χ0v) is 12.1. The fraction of sp³-hybridized carbons (Fsp3) is 0.429. The molecule has 0 aromatic heterocycles. The molecule has 16 heavy (non-hydrogen) atoms. The van der Waals surface area contributed by atoms with Crippen molar-refractivity contribution in [3.63, 3.8) is 0 Å². The molecular weight excluding hydrogens is 311 g/mol. The number of ether oxygens (including phenoxy) is 1. The zero-order valence-electron chi connectivity index (χ0n) is 9.96. The van der Waals surface area contributed by atoms with Crippen LogP contribution in [0.25, 0.3) is 6.08 Å². The van der Waals surface area contributed by atoms with Gasteiger partial charge in [0.1, 0.15) is 5.75 Å². The Kier molecular flexibility index (Phi) is 3.29. The molecule has 0 unspecified atom stereocenters. The van der Waals surface area contributed by atoms with Crippen LogP contribution in [0.15, 0.2) is 24.3 Å². The Bertz CT molecular complexity index is 423. The SMILES string of the molecule is CC(C)Oc1ccc2c(c1)[C@](C)(CI)C=C2. The van der Waals surface area contributed by atoms with E-state index in [1.165, 1.54) is 11.1 Å². The second-order valence-corrected chi connectivity index (χ2v) is 5.56. The molecule has 2 heteroatoms. The molecule has 0 fully saturated rings. The van der Waals surface area contributed by atoms with Crippen LogP contribution in [0.3, 0.4) is 0 Å². The Morgan fingerprint density at radius 3 is 2.75 bits per heavy atom. The van der Waals surface area contributed by atoms with Gasteiger partial charge in [0, 0.05) is 9.84 Å². The maximum atomic E-state index is 5.75. The molecule has 1 aromatic carbocycles. The molecule has 0 bridgehead atoms. The first-order valence-corrected chi connectivity index (χ1v) is 7.14. The summed E-state index contributed by atoms with van der Waals surface area (Å²) >= 11 is 2.45. The highest BCUT2D eigenvalue weighted by atomic mass is 127. The van der Waals surface area contributed by atoms with Crippen LogP contribution in [-0.4, -0.2) is 10.5 Å². The van der Waals surface area contributed by atoms with Gasteiger partial charge in [0.15, 0.2) is 0 Å². The molecule has 0 aliphatic heterocycles. The lowest BCUT2D eigenvalue weighted by Crippen LogP contribution is -2.18. The van der Waals surface area contributed by atoms with Crippen molar-refractivity contribution in [1.82, 2.24) is 0 Å². The van der Waals surface area contributed by atoms with Crippen LogP contribution in [0.1, 0.15) is 31.9 Å². The van der Waals surface area contributed by atoms with Crippen LogP contribution in [-0.2, 0) is 5.41 Å². The summed E-state index contributed by atoms with van der Waals surface area (Å²) in [5, 5.41) is 0. The first kappa shape index (κ1) is 12.0. The number of halogens is 1. The molecule has 0 heterocycles. The number of hydrogen-bond acceptors (Lipinski definition) is 1. The molecule has 2 rings (SSSR count). The quantitative estimate of drug-likeness (QED) is 0.597. The maximum Gasteiger partial charge on any atom is 0.120 e. The molecule has 1 aromatic rings. The van der Waals surface area contributed by atoms with Gasteiger partial charge in [-0.05, 0) is 37.1 Å². The molecule has 1 atom stereocenters. The highest BCUT2D eigenvalue weighted by molar-refractivity contribution is 14.1. The van der Waals surface area contributed by atoms with E-state index in [0.717, 1.165) is 10.2 Å². The monoisotopic (exact) mass is 328 g/mol. The van der Waals surface area contributed by atoms with E-state index < -0.39 is 0 Å². The van der Waals surface area contributed by atoms with Gasteiger partial charge in [-0.2, -0.15) is 0 Å². The average molecular weight is 328 g/mol. The summed E-state index contributed by atoms with van der Waals surface area (Å²) in [4.78, 5) is 0. The Balaban J connectivity index is 2.36. The van der Waals surface area contributed by atoms with E-state index in [-0.39, 0.29) is 11.5 Å². The lowest BCUT2D eigenvalue weighted by atomic mass is 9.87. The van der Waals surface area contributed by atoms with Crippen LogP contribution >= 0.6 is 22.6 Å².